The largest absolute Gasteiger partial charge is 0.462 e. The van der Waals surface area contributed by atoms with Gasteiger partial charge in [0.15, 0.2) is 0 Å². The van der Waals surface area contributed by atoms with E-state index in [1.54, 1.807) is 0 Å². The number of halogens is 1. The van der Waals surface area contributed by atoms with E-state index in [1.807, 2.05) is 43.3 Å². The molecule has 0 bridgehead atoms. The van der Waals surface area contributed by atoms with Crippen LogP contribution in [0.2, 0.25) is 5.02 Å². The molecule has 0 aromatic heterocycles. The Labute approximate surface area is 195 Å². The molecule has 166 valence electrons. The van der Waals surface area contributed by atoms with Crippen molar-refractivity contribution in [3.8, 4) is 11.1 Å². The van der Waals surface area contributed by atoms with Crippen molar-refractivity contribution >= 4 is 23.3 Å². The van der Waals surface area contributed by atoms with E-state index < -0.39 is 0 Å². The molecule has 1 fully saturated rings. The van der Waals surface area contributed by atoms with E-state index >= 15 is 0 Å². The minimum absolute atomic E-state index is 0.263. The molecule has 0 spiro atoms. The number of hydrogen-bond donors (Lipinski definition) is 1. The van der Waals surface area contributed by atoms with Gasteiger partial charge in [0, 0.05) is 36.4 Å². The number of hydrogen-bond acceptors (Lipinski definition) is 4. The zero-order valence-corrected chi connectivity index (χ0v) is 19.1. The molecule has 3 aromatic rings. The first-order chi connectivity index (χ1) is 15.6. The molecule has 0 saturated carbocycles. The van der Waals surface area contributed by atoms with Crippen LogP contribution in [0.5, 0.6) is 0 Å². The molecule has 0 unspecified atom stereocenters. The maximum atomic E-state index is 11.8. The van der Waals surface area contributed by atoms with Crippen molar-refractivity contribution < 1.29 is 9.53 Å². The molecule has 4 rings (SSSR count). The second-order valence-corrected chi connectivity index (χ2v) is 8.51. The summed E-state index contributed by atoms with van der Waals surface area (Å²) in [6.07, 6.45) is 2.17. The van der Waals surface area contributed by atoms with Crippen molar-refractivity contribution in [3.05, 3.63) is 88.9 Å². The van der Waals surface area contributed by atoms with Crippen LogP contribution in [0.3, 0.4) is 0 Å². The Kier molecular flexibility index (Phi) is 7.46. The minimum atomic E-state index is -0.263. The van der Waals surface area contributed by atoms with Crippen LogP contribution in [0.4, 0.5) is 5.69 Å². The second kappa shape index (κ2) is 10.7. The molecule has 1 aliphatic heterocycles. The molecule has 0 radical (unpaired) electrons. The number of anilines is 1. The predicted molar refractivity (Wildman–Crippen MR) is 131 cm³/mol. The molecule has 1 saturated heterocycles. The van der Waals surface area contributed by atoms with Crippen LogP contribution in [0, 0.1) is 0 Å². The Balaban J connectivity index is 1.32. The van der Waals surface area contributed by atoms with Gasteiger partial charge in [-0.25, -0.2) is 4.79 Å². The lowest BCUT2D eigenvalue weighted by Crippen LogP contribution is -2.42. The van der Waals surface area contributed by atoms with E-state index in [4.69, 9.17) is 16.3 Å². The third-order valence-electron chi connectivity index (χ3n) is 5.99. The smallest absolute Gasteiger partial charge is 0.338 e. The van der Waals surface area contributed by atoms with Crippen molar-refractivity contribution in [2.75, 3.05) is 24.6 Å². The van der Waals surface area contributed by atoms with Crippen LogP contribution in [0.25, 0.3) is 11.1 Å². The Morgan fingerprint density at radius 3 is 2.38 bits per heavy atom. The number of nitrogens with zero attached hydrogens (tertiary/aromatic N) is 1. The molecule has 5 heteroatoms. The van der Waals surface area contributed by atoms with Gasteiger partial charge in [0.25, 0.3) is 0 Å². The summed E-state index contributed by atoms with van der Waals surface area (Å²) < 4.78 is 5.07. The topological polar surface area (TPSA) is 41.6 Å². The number of piperidine rings is 1. The average molecular weight is 449 g/mol. The first kappa shape index (κ1) is 22.4. The highest BCUT2D eigenvalue weighted by Gasteiger charge is 2.20. The number of carbonyl (C=O) groups excluding carboxylic acids is 1. The normalized spacial score (nSPS) is 14.4. The van der Waals surface area contributed by atoms with E-state index in [0.717, 1.165) is 43.2 Å². The van der Waals surface area contributed by atoms with Crippen molar-refractivity contribution in [3.63, 3.8) is 0 Å². The zero-order chi connectivity index (χ0) is 22.3. The fourth-order valence-corrected chi connectivity index (χ4v) is 4.33. The molecule has 3 aromatic carbocycles. The number of benzene rings is 3. The third kappa shape index (κ3) is 5.50. The van der Waals surface area contributed by atoms with Crippen LogP contribution in [-0.4, -0.2) is 31.7 Å². The summed E-state index contributed by atoms with van der Waals surface area (Å²) in [6, 6.07) is 24.8. The Hall–Kier alpha value is -2.82. The molecule has 0 atom stereocenters. The summed E-state index contributed by atoms with van der Waals surface area (Å²) in [7, 11) is 0. The summed E-state index contributed by atoms with van der Waals surface area (Å²) in [6.45, 7) is 5.05. The first-order valence-corrected chi connectivity index (χ1v) is 11.6. The fraction of sp³-hybridized carbons (Fsp3) is 0.296. The molecular weight excluding hydrogens is 420 g/mol. The van der Waals surface area contributed by atoms with Crippen LogP contribution >= 0.6 is 11.6 Å². The van der Waals surface area contributed by atoms with Gasteiger partial charge in [0.1, 0.15) is 0 Å². The highest BCUT2D eigenvalue weighted by Crippen LogP contribution is 2.26. The summed E-state index contributed by atoms with van der Waals surface area (Å²) >= 11 is 6.06. The fourth-order valence-electron chi connectivity index (χ4n) is 4.20. The number of nitrogens with one attached hydrogen (secondary N) is 1. The number of rotatable bonds is 7. The van der Waals surface area contributed by atoms with Crippen LogP contribution in [0.1, 0.15) is 35.7 Å². The Morgan fingerprint density at radius 1 is 1.00 bits per heavy atom. The maximum Gasteiger partial charge on any atom is 0.338 e. The lowest BCUT2D eigenvalue weighted by atomic mass is 9.98. The molecule has 0 amide bonds. The first-order valence-electron chi connectivity index (χ1n) is 11.2. The van der Waals surface area contributed by atoms with Crippen molar-refractivity contribution in [2.24, 2.45) is 0 Å². The number of carbonyl (C=O) groups is 1. The molecule has 4 nitrogen and oxygen atoms in total. The van der Waals surface area contributed by atoms with Crippen molar-refractivity contribution in [1.82, 2.24) is 5.32 Å². The minimum Gasteiger partial charge on any atom is -0.462 e. The van der Waals surface area contributed by atoms with E-state index in [-0.39, 0.29) is 5.97 Å². The third-order valence-corrected chi connectivity index (χ3v) is 6.24. The van der Waals surface area contributed by atoms with Gasteiger partial charge in [-0.3, -0.25) is 0 Å². The van der Waals surface area contributed by atoms with E-state index in [0.29, 0.717) is 18.2 Å². The van der Waals surface area contributed by atoms with Gasteiger partial charge in [-0.2, -0.15) is 0 Å². The quantitative estimate of drug-likeness (QED) is 0.454. The molecule has 32 heavy (non-hydrogen) atoms. The van der Waals surface area contributed by atoms with E-state index in [9.17, 15) is 4.79 Å². The molecule has 1 aliphatic rings. The van der Waals surface area contributed by atoms with E-state index in [1.165, 1.54) is 16.7 Å². The van der Waals surface area contributed by atoms with Crippen LogP contribution < -0.4 is 10.2 Å². The highest BCUT2D eigenvalue weighted by atomic mass is 35.5. The zero-order valence-electron chi connectivity index (χ0n) is 18.4. The Morgan fingerprint density at radius 2 is 1.69 bits per heavy atom. The lowest BCUT2D eigenvalue weighted by molar-refractivity contribution is 0.0526. The van der Waals surface area contributed by atoms with Gasteiger partial charge in [0.2, 0.25) is 0 Å². The van der Waals surface area contributed by atoms with Crippen molar-refractivity contribution in [2.45, 2.75) is 32.4 Å². The molecule has 1 N–H and O–H groups in total. The summed E-state index contributed by atoms with van der Waals surface area (Å²) in [5.41, 5.74) is 5.49. The van der Waals surface area contributed by atoms with Crippen molar-refractivity contribution in [1.29, 1.82) is 0 Å². The van der Waals surface area contributed by atoms with Gasteiger partial charge in [-0.05, 0) is 72.9 Å². The van der Waals surface area contributed by atoms with Crippen LogP contribution in [-0.2, 0) is 11.3 Å². The highest BCUT2D eigenvalue weighted by molar-refractivity contribution is 6.30. The SMILES string of the molecule is CCOC(=O)c1ccc(N2CCC(NCc3ccccc3-c3ccc(Cl)cc3)CC2)cc1. The summed E-state index contributed by atoms with van der Waals surface area (Å²) in [4.78, 5) is 14.2. The lowest BCUT2D eigenvalue weighted by Gasteiger charge is -2.34. The van der Waals surface area contributed by atoms with Gasteiger partial charge in [0.05, 0.1) is 12.2 Å². The molecule has 0 aliphatic carbocycles. The number of ether oxygens (including phenoxy) is 1. The molecular formula is C27H29ClN2O2. The maximum absolute atomic E-state index is 11.8. The number of esters is 1. The Bertz CT molecular complexity index is 1030. The van der Waals surface area contributed by atoms with Crippen LogP contribution in [0.15, 0.2) is 72.8 Å². The van der Waals surface area contributed by atoms with Gasteiger partial charge in [-0.1, -0.05) is 48.0 Å². The predicted octanol–water partition coefficient (Wildman–Crippen LogP) is 5.94. The van der Waals surface area contributed by atoms with Gasteiger partial charge < -0.3 is 15.0 Å². The standard InChI is InChI=1S/C27H29ClN2O2/c1-2-32-27(31)21-9-13-25(14-10-21)30-17-15-24(16-18-30)29-19-22-5-3-4-6-26(22)20-7-11-23(28)12-8-20/h3-14,24,29H,2,15-19H2,1H3. The summed E-state index contributed by atoms with van der Waals surface area (Å²) in [5.74, 6) is -0.263. The second-order valence-electron chi connectivity index (χ2n) is 8.07. The average Bonchev–Trinajstić information content (AvgIpc) is 2.84. The monoisotopic (exact) mass is 448 g/mol. The summed E-state index contributed by atoms with van der Waals surface area (Å²) in [5, 5.41) is 4.51. The van der Waals surface area contributed by atoms with Gasteiger partial charge in [-0.15, -0.1) is 0 Å². The van der Waals surface area contributed by atoms with E-state index in [2.05, 4.69) is 46.6 Å². The van der Waals surface area contributed by atoms with Gasteiger partial charge >= 0.3 is 5.97 Å². The molecule has 1 heterocycles.